The maximum Gasteiger partial charge on any atom is 0.314 e. The van der Waals surface area contributed by atoms with Crippen LogP contribution in [0, 0.1) is 0 Å². The maximum atomic E-state index is 11.9. The van der Waals surface area contributed by atoms with Gasteiger partial charge in [-0.3, -0.25) is 14.1 Å². The maximum absolute atomic E-state index is 11.9. The van der Waals surface area contributed by atoms with Gasteiger partial charge in [0.15, 0.2) is 0 Å². The lowest BCUT2D eigenvalue weighted by molar-refractivity contribution is -0.132. The Morgan fingerprint density at radius 3 is 2.00 bits per heavy atom. The van der Waals surface area contributed by atoms with Crippen molar-refractivity contribution >= 4 is 39.0 Å². The summed E-state index contributed by atoms with van der Waals surface area (Å²) in [5.74, 6) is -1.31. The number of methoxy groups -OCH3 is 1. The van der Waals surface area contributed by atoms with Crippen molar-refractivity contribution < 1.29 is 27.3 Å². The van der Waals surface area contributed by atoms with Gasteiger partial charge in [-0.15, -0.1) is 0 Å². The number of benzene rings is 2. The molecule has 2 amide bonds. The fourth-order valence-corrected chi connectivity index (χ4v) is 2.51. The molecule has 0 atom stereocenters. The summed E-state index contributed by atoms with van der Waals surface area (Å²) in [7, 11) is -2.97. The third-order valence-corrected chi connectivity index (χ3v) is 4.03. The molecule has 132 valence electrons. The lowest BCUT2D eigenvalue weighted by atomic mass is 10.2. The van der Waals surface area contributed by atoms with Gasteiger partial charge in [-0.1, -0.05) is 0 Å². The molecule has 0 spiro atoms. The van der Waals surface area contributed by atoms with Crippen LogP contribution in [0.5, 0.6) is 5.75 Å². The second kappa shape index (κ2) is 7.20. The molecule has 25 heavy (non-hydrogen) atoms. The average molecular weight is 365 g/mol. The predicted molar refractivity (Wildman–Crippen MR) is 90.9 cm³/mol. The number of ether oxygens (including phenoxy) is 1. The first-order chi connectivity index (χ1) is 11.7. The first-order valence-electron chi connectivity index (χ1n) is 6.84. The zero-order valence-electron chi connectivity index (χ0n) is 13.0. The Bertz CT molecular complexity index is 909. The minimum Gasteiger partial charge on any atom is -0.497 e. The summed E-state index contributed by atoms with van der Waals surface area (Å²) in [4.78, 5) is 23.2. The van der Waals surface area contributed by atoms with E-state index in [9.17, 15) is 18.0 Å². The summed E-state index contributed by atoms with van der Waals surface area (Å²) in [6.45, 7) is 0. The monoisotopic (exact) mass is 365 g/mol. The van der Waals surface area contributed by atoms with Crippen LogP contribution in [0.25, 0.3) is 0 Å². The van der Waals surface area contributed by atoms with Crippen LogP contribution in [0.4, 0.5) is 17.1 Å². The Balaban J connectivity index is 2.05. The summed E-state index contributed by atoms with van der Waals surface area (Å²) >= 11 is 0. The van der Waals surface area contributed by atoms with Crippen LogP contribution in [0.1, 0.15) is 0 Å². The summed E-state index contributed by atoms with van der Waals surface area (Å²) in [5.41, 5.74) is 5.73. The van der Waals surface area contributed by atoms with Crippen molar-refractivity contribution in [2.75, 3.05) is 23.5 Å². The number of anilines is 3. The molecule has 5 N–H and O–H groups in total. The van der Waals surface area contributed by atoms with E-state index in [1.165, 1.54) is 13.2 Å². The molecule has 0 radical (unpaired) electrons. The van der Waals surface area contributed by atoms with E-state index >= 15 is 0 Å². The van der Waals surface area contributed by atoms with Crippen molar-refractivity contribution in [2.45, 2.75) is 4.90 Å². The Morgan fingerprint density at radius 2 is 1.52 bits per heavy atom. The molecule has 0 aliphatic carbocycles. The zero-order chi connectivity index (χ0) is 18.6. The van der Waals surface area contributed by atoms with E-state index in [1.807, 2.05) is 0 Å². The van der Waals surface area contributed by atoms with E-state index in [-0.39, 0.29) is 11.4 Å². The molecule has 0 saturated carbocycles. The number of nitrogens with one attached hydrogen (secondary N) is 2. The Morgan fingerprint density at radius 1 is 1.00 bits per heavy atom. The number of carbonyl (C=O) groups excluding carboxylic acids is 2. The smallest absolute Gasteiger partial charge is 0.314 e. The van der Waals surface area contributed by atoms with Crippen molar-refractivity contribution in [3.63, 3.8) is 0 Å². The third-order valence-electron chi connectivity index (χ3n) is 3.10. The highest BCUT2D eigenvalue weighted by Gasteiger charge is 2.17. The molecule has 0 saturated heterocycles. The molecule has 2 aromatic carbocycles. The summed E-state index contributed by atoms with van der Waals surface area (Å²) < 4.78 is 36.1. The predicted octanol–water partition coefficient (Wildman–Crippen LogP) is 1.10. The first kappa shape index (κ1) is 18.2. The molecule has 0 fully saturated rings. The number of carbonyl (C=O) groups is 2. The highest BCUT2D eigenvalue weighted by Crippen LogP contribution is 2.22. The SMILES string of the molecule is COc1ccc(NC(=O)C(=O)Nc2ccc(S(=O)(=O)O)c(N)c2)cc1. The van der Waals surface area contributed by atoms with Crippen LogP contribution in [0.3, 0.4) is 0 Å². The van der Waals surface area contributed by atoms with Gasteiger partial charge >= 0.3 is 11.8 Å². The van der Waals surface area contributed by atoms with Gasteiger partial charge in [0.05, 0.1) is 12.8 Å². The van der Waals surface area contributed by atoms with Crippen molar-refractivity contribution in [1.82, 2.24) is 0 Å². The van der Waals surface area contributed by atoms with Crippen LogP contribution in [-0.4, -0.2) is 31.9 Å². The Hall–Kier alpha value is -3.11. The fraction of sp³-hybridized carbons (Fsp3) is 0.0667. The molecule has 0 unspecified atom stereocenters. The van der Waals surface area contributed by atoms with Crippen LogP contribution >= 0.6 is 0 Å². The fourth-order valence-electron chi connectivity index (χ4n) is 1.91. The van der Waals surface area contributed by atoms with Crippen LogP contribution < -0.4 is 21.1 Å². The topological polar surface area (TPSA) is 148 Å². The lowest BCUT2D eigenvalue weighted by Gasteiger charge is -2.09. The van der Waals surface area contributed by atoms with Gasteiger partial charge in [0.25, 0.3) is 10.1 Å². The Labute approximate surface area is 143 Å². The highest BCUT2D eigenvalue weighted by molar-refractivity contribution is 7.86. The van der Waals surface area contributed by atoms with Crippen molar-refractivity contribution in [2.24, 2.45) is 0 Å². The number of hydrogen-bond acceptors (Lipinski definition) is 6. The largest absolute Gasteiger partial charge is 0.497 e. The second-order valence-corrected chi connectivity index (χ2v) is 6.25. The molecule has 10 heteroatoms. The van der Waals surface area contributed by atoms with Gasteiger partial charge < -0.3 is 21.1 Å². The molecule has 2 rings (SSSR count). The summed E-state index contributed by atoms with van der Waals surface area (Å²) in [5, 5.41) is 4.66. The lowest BCUT2D eigenvalue weighted by Crippen LogP contribution is -2.29. The quantitative estimate of drug-likeness (QED) is 0.360. The first-order valence-corrected chi connectivity index (χ1v) is 8.28. The minimum atomic E-state index is -4.47. The van der Waals surface area contributed by atoms with E-state index in [0.717, 1.165) is 12.1 Å². The second-order valence-electron chi connectivity index (χ2n) is 4.86. The molecule has 0 aromatic heterocycles. The highest BCUT2D eigenvalue weighted by atomic mass is 32.2. The number of nitrogen functional groups attached to an aromatic ring is 1. The van der Waals surface area contributed by atoms with Gasteiger partial charge in [0, 0.05) is 11.4 Å². The number of amides is 2. The number of hydrogen-bond donors (Lipinski definition) is 4. The Kier molecular flexibility index (Phi) is 5.25. The molecule has 0 bridgehead atoms. The summed E-state index contributed by atoms with van der Waals surface area (Å²) in [6.07, 6.45) is 0. The van der Waals surface area contributed by atoms with Crippen molar-refractivity contribution in [1.29, 1.82) is 0 Å². The van der Waals surface area contributed by atoms with Gasteiger partial charge in [-0.25, -0.2) is 0 Å². The van der Waals surface area contributed by atoms with E-state index in [2.05, 4.69) is 10.6 Å². The van der Waals surface area contributed by atoms with Crippen LogP contribution in [0.15, 0.2) is 47.4 Å². The molecule has 0 aliphatic rings. The van der Waals surface area contributed by atoms with E-state index in [0.29, 0.717) is 11.4 Å². The van der Waals surface area contributed by atoms with E-state index < -0.39 is 26.8 Å². The van der Waals surface area contributed by atoms with Crippen LogP contribution in [0.2, 0.25) is 0 Å². The van der Waals surface area contributed by atoms with Crippen molar-refractivity contribution in [3.05, 3.63) is 42.5 Å². The normalized spacial score (nSPS) is 10.8. The molecule has 2 aromatic rings. The number of rotatable bonds is 4. The van der Waals surface area contributed by atoms with E-state index in [1.54, 1.807) is 24.3 Å². The minimum absolute atomic E-state index is 0.0970. The van der Waals surface area contributed by atoms with Gasteiger partial charge in [0.1, 0.15) is 10.6 Å². The third kappa shape index (κ3) is 4.68. The van der Waals surface area contributed by atoms with Gasteiger partial charge in [0.2, 0.25) is 0 Å². The van der Waals surface area contributed by atoms with Crippen LogP contribution in [-0.2, 0) is 19.7 Å². The van der Waals surface area contributed by atoms with Crippen molar-refractivity contribution in [3.8, 4) is 5.75 Å². The molecule has 0 heterocycles. The molecule has 9 nitrogen and oxygen atoms in total. The zero-order valence-corrected chi connectivity index (χ0v) is 13.8. The molecular formula is C15H15N3O6S. The van der Waals surface area contributed by atoms with Gasteiger partial charge in [-0.2, -0.15) is 8.42 Å². The summed E-state index contributed by atoms with van der Waals surface area (Å²) in [6, 6.07) is 9.66. The molecular weight excluding hydrogens is 350 g/mol. The van der Waals surface area contributed by atoms with Gasteiger partial charge in [-0.05, 0) is 42.5 Å². The standard InChI is InChI=1S/C15H15N3O6S/c1-24-11-5-2-9(3-6-11)17-14(19)15(20)18-10-4-7-13(12(16)8-10)25(21,22)23/h2-8H,16H2,1H3,(H,17,19)(H,18,20)(H,21,22,23). The number of nitrogens with two attached hydrogens (primary N) is 1. The van der Waals surface area contributed by atoms with E-state index in [4.69, 9.17) is 15.0 Å². The molecule has 0 aliphatic heterocycles. The average Bonchev–Trinajstić information content (AvgIpc) is 2.54.